The summed E-state index contributed by atoms with van der Waals surface area (Å²) >= 11 is 0. The molecule has 1 saturated heterocycles. The fraction of sp³-hybridized carbons (Fsp3) is 0.276. The molecule has 0 atom stereocenters. The van der Waals surface area contributed by atoms with Gasteiger partial charge < -0.3 is 10.2 Å². The lowest BCUT2D eigenvalue weighted by atomic mass is 10.0. The van der Waals surface area contributed by atoms with Crippen molar-refractivity contribution in [2.45, 2.75) is 19.6 Å². The number of carbonyl (C=O) groups excluding carboxylic acids is 1. The number of anilines is 1. The normalized spacial score (nSPS) is 14.6. The summed E-state index contributed by atoms with van der Waals surface area (Å²) in [4.78, 5) is 29.0. The molecule has 40 heavy (non-hydrogen) atoms. The standard InChI is InChI=1S/C29H27F3N6O2/c1-19-5-6-22(16-21(19)8-7-20-4-3-11-38-26(20)34-35-28(38)40)27(39)33-24-10-9-23(25(17-24)29(30,31)32)18-37-14-12-36(2)13-15-37/h3-6,9-11,16-17H,12-15,18H2,1-2H3,(H,33,39)(H,35,40). The first-order chi connectivity index (χ1) is 19.1. The second-order valence-electron chi connectivity index (χ2n) is 9.83. The van der Waals surface area contributed by atoms with E-state index in [9.17, 15) is 22.8 Å². The van der Waals surface area contributed by atoms with Gasteiger partial charge in [0.1, 0.15) is 0 Å². The highest BCUT2D eigenvalue weighted by Crippen LogP contribution is 2.34. The van der Waals surface area contributed by atoms with Crippen molar-refractivity contribution in [3.8, 4) is 11.8 Å². The minimum Gasteiger partial charge on any atom is -0.322 e. The number of hydrogen-bond acceptors (Lipinski definition) is 5. The van der Waals surface area contributed by atoms with Gasteiger partial charge in [-0.1, -0.05) is 24.0 Å². The minimum absolute atomic E-state index is 0.0586. The average Bonchev–Trinajstić information content (AvgIpc) is 3.31. The molecular weight excluding hydrogens is 521 g/mol. The number of benzene rings is 2. The molecule has 8 nitrogen and oxygen atoms in total. The lowest BCUT2D eigenvalue weighted by molar-refractivity contribution is -0.138. The number of carbonyl (C=O) groups is 1. The van der Waals surface area contributed by atoms with Crippen LogP contribution in [0.3, 0.4) is 0 Å². The molecule has 3 heterocycles. The molecule has 5 rings (SSSR count). The molecule has 206 valence electrons. The van der Waals surface area contributed by atoms with Crippen LogP contribution in [0.5, 0.6) is 0 Å². The maximum Gasteiger partial charge on any atom is 0.416 e. The predicted octanol–water partition coefficient (Wildman–Crippen LogP) is 3.75. The summed E-state index contributed by atoms with van der Waals surface area (Å²) in [6.07, 6.45) is -2.98. The molecule has 0 saturated carbocycles. The Morgan fingerprint density at radius 1 is 1.05 bits per heavy atom. The largest absolute Gasteiger partial charge is 0.416 e. The molecule has 4 aromatic rings. The highest BCUT2D eigenvalue weighted by Gasteiger charge is 2.34. The number of pyridine rings is 1. The van der Waals surface area contributed by atoms with Crippen LogP contribution in [0.4, 0.5) is 18.9 Å². The Bertz CT molecular complexity index is 1690. The Hall–Kier alpha value is -4.40. The minimum atomic E-state index is -4.56. The molecule has 1 amide bonds. The summed E-state index contributed by atoms with van der Waals surface area (Å²) < 4.78 is 43.2. The van der Waals surface area contributed by atoms with Crippen molar-refractivity contribution in [1.29, 1.82) is 0 Å². The lowest BCUT2D eigenvalue weighted by Crippen LogP contribution is -2.44. The van der Waals surface area contributed by atoms with Gasteiger partial charge in [0.2, 0.25) is 0 Å². The van der Waals surface area contributed by atoms with Gasteiger partial charge in [0.05, 0.1) is 11.1 Å². The number of aromatic nitrogens is 3. The SMILES string of the molecule is Cc1ccc(C(=O)Nc2ccc(CN3CCN(C)CC3)c(C(F)(F)F)c2)cc1C#Cc1cccn2c(=O)[nH]nc12. The number of alkyl halides is 3. The van der Waals surface area contributed by atoms with Gasteiger partial charge in [0, 0.05) is 55.7 Å². The van der Waals surface area contributed by atoms with Crippen molar-refractivity contribution < 1.29 is 18.0 Å². The maximum atomic E-state index is 13.9. The molecule has 2 N–H and O–H groups in total. The number of aromatic amines is 1. The van der Waals surface area contributed by atoms with Crippen LogP contribution < -0.4 is 11.0 Å². The predicted molar refractivity (Wildman–Crippen MR) is 145 cm³/mol. The zero-order chi connectivity index (χ0) is 28.4. The van der Waals surface area contributed by atoms with E-state index in [1.807, 2.05) is 18.9 Å². The second-order valence-corrected chi connectivity index (χ2v) is 9.83. The third kappa shape index (κ3) is 5.93. The summed E-state index contributed by atoms with van der Waals surface area (Å²) in [5.74, 6) is 5.44. The number of rotatable bonds is 4. The number of fused-ring (bicyclic) bond motifs is 1. The maximum absolute atomic E-state index is 13.9. The van der Waals surface area contributed by atoms with E-state index in [1.54, 1.807) is 36.5 Å². The Morgan fingerprint density at radius 3 is 2.55 bits per heavy atom. The van der Waals surface area contributed by atoms with Crippen LogP contribution in [0, 0.1) is 18.8 Å². The zero-order valence-corrected chi connectivity index (χ0v) is 22.0. The highest BCUT2D eigenvalue weighted by molar-refractivity contribution is 6.04. The first kappa shape index (κ1) is 27.2. The van der Waals surface area contributed by atoms with Gasteiger partial charge in [-0.15, -0.1) is 0 Å². The molecule has 0 aliphatic carbocycles. The van der Waals surface area contributed by atoms with E-state index in [1.165, 1.54) is 16.5 Å². The number of hydrogen-bond donors (Lipinski definition) is 2. The van der Waals surface area contributed by atoms with Crippen molar-refractivity contribution in [3.05, 3.63) is 98.6 Å². The molecule has 0 radical (unpaired) electrons. The number of halogens is 3. The molecular formula is C29H27F3N6O2. The van der Waals surface area contributed by atoms with Gasteiger partial charge in [-0.2, -0.15) is 18.3 Å². The first-order valence-electron chi connectivity index (χ1n) is 12.7. The van der Waals surface area contributed by atoms with Crippen molar-refractivity contribution in [1.82, 2.24) is 24.4 Å². The number of amides is 1. The summed E-state index contributed by atoms with van der Waals surface area (Å²) in [7, 11) is 1.99. The van der Waals surface area contributed by atoms with Crippen LogP contribution in [-0.2, 0) is 12.7 Å². The molecule has 11 heteroatoms. The topological polar surface area (TPSA) is 85.7 Å². The van der Waals surface area contributed by atoms with E-state index < -0.39 is 17.6 Å². The Morgan fingerprint density at radius 2 is 1.80 bits per heavy atom. The van der Waals surface area contributed by atoms with Crippen molar-refractivity contribution in [2.24, 2.45) is 0 Å². The van der Waals surface area contributed by atoms with Crippen molar-refractivity contribution >= 4 is 17.2 Å². The van der Waals surface area contributed by atoms with E-state index >= 15 is 0 Å². The Balaban J connectivity index is 1.36. The van der Waals surface area contributed by atoms with Crippen LogP contribution in [0.25, 0.3) is 5.65 Å². The number of nitrogens with one attached hydrogen (secondary N) is 2. The molecule has 0 unspecified atom stereocenters. The summed E-state index contributed by atoms with van der Waals surface area (Å²) in [5, 5.41) is 8.96. The highest BCUT2D eigenvalue weighted by atomic mass is 19.4. The van der Waals surface area contributed by atoms with Crippen molar-refractivity contribution in [3.63, 3.8) is 0 Å². The molecule has 1 aliphatic rings. The van der Waals surface area contributed by atoms with E-state index in [2.05, 4.69) is 32.3 Å². The lowest BCUT2D eigenvalue weighted by Gasteiger charge is -2.33. The molecule has 0 spiro atoms. The van der Waals surface area contributed by atoms with Gasteiger partial charge in [-0.25, -0.2) is 14.3 Å². The second kappa shape index (κ2) is 11.0. The number of likely N-dealkylation sites (N-methyl/N-ethyl adjacent to an activating group) is 1. The molecule has 2 aromatic heterocycles. The van der Waals surface area contributed by atoms with Gasteiger partial charge in [-0.05, 0) is 61.5 Å². The van der Waals surface area contributed by atoms with E-state index in [4.69, 9.17) is 0 Å². The smallest absolute Gasteiger partial charge is 0.322 e. The van der Waals surface area contributed by atoms with E-state index in [-0.39, 0.29) is 29.0 Å². The van der Waals surface area contributed by atoms with E-state index in [0.717, 1.165) is 24.7 Å². The summed E-state index contributed by atoms with van der Waals surface area (Å²) in [6, 6.07) is 12.2. The Labute approximate surface area is 228 Å². The zero-order valence-electron chi connectivity index (χ0n) is 22.0. The van der Waals surface area contributed by atoms with E-state index in [0.29, 0.717) is 29.9 Å². The van der Waals surface area contributed by atoms with Crippen LogP contribution in [0.1, 0.15) is 38.2 Å². The molecule has 0 bridgehead atoms. The third-order valence-electron chi connectivity index (χ3n) is 6.94. The fourth-order valence-electron chi connectivity index (χ4n) is 4.57. The molecule has 1 aliphatic heterocycles. The number of aryl methyl sites for hydroxylation is 1. The molecule has 1 fully saturated rings. The van der Waals surface area contributed by atoms with Gasteiger partial charge in [-0.3, -0.25) is 9.69 Å². The third-order valence-corrected chi connectivity index (χ3v) is 6.94. The molecule has 2 aromatic carbocycles. The summed E-state index contributed by atoms with van der Waals surface area (Å²) in [5.41, 5.74) is 1.61. The summed E-state index contributed by atoms with van der Waals surface area (Å²) in [6.45, 7) is 5.02. The Kier molecular flexibility index (Phi) is 7.47. The number of H-pyrrole nitrogens is 1. The number of piperazine rings is 1. The van der Waals surface area contributed by atoms with Gasteiger partial charge in [0.25, 0.3) is 5.91 Å². The van der Waals surface area contributed by atoms with Crippen LogP contribution in [0.15, 0.2) is 59.5 Å². The number of nitrogens with zero attached hydrogens (tertiary/aromatic N) is 4. The monoisotopic (exact) mass is 548 g/mol. The van der Waals surface area contributed by atoms with Crippen LogP contribution >= 0.6 is 0 Å². The van der Waals surface area contributed by atoms with Gasteiger partial charge >= 0.3 is 11.9 Å². The van der Waals surface area contributed by atoms with Crippen LogP contribution in [0.2, 0.25) is 0 Å². The quantitative estimate of drug-likeness (QED) is 0.380. The average molecular weight is 549 g/mol. The van der Waals surface area contributed by atoms with Gasteiger partial charge in [0.15, 0.2) is 5.65 Å². The van der Waals surface area contributed by atoms with Crippen LogP contribution in [-0.4, -0.2) is 63.5 Å². The fourth-order valence-corrected chi connectivity index (χ4v) is 4.57. The van der Waals surface area contributed by atoms with Crippen molar-refractivity contribution in [2.75, 3.05) is 38.5 Å². The first-order valence-corrected chi connectivity index (χ1v) is 12.7.